The molecule has 6 rings (SSSR count). The second-order valence-corrected chi connectivity index (χ2v) is 11.8. The van der Waals surface area contributed by atoms with E-state index in [1.165, 1.54) is 12.8 Å². The average molecular weight is 455 g/mol. The Morgan fingerprint density at radius 1 is 1.15 bits per heavy atom. The first-order valence-electron chi connectivity index (χ1n) is 12.9. The fourth-order valence-corrected chi connectivity index (χ4v) is 8.81. The smallest absolute Gasteiger partial charge is 0.157 e. The van der Waals surface area contributed by atoms with Crippen LogP contribution in [0, 0.1) is 40.9 Å². The van der Waals surface area contributed by atoms with E-state index in [1.54, 1.807) is 17.1 Å². The second kappa shape index (κ2) is 7.82. The number of nitrogens with zero attached hydrogens (tertiary/aromatic N) is 4. The number of aliphatic hydroxyl groups is 1. The SMILES string of the molecule is C[C@]12CC[C@H]3[C@@H](CC[C@H]4C[C@@](O)(CF)CC[C@@H]43)[C@@H]1CC[C@@H]2C(=O)Cn1nnc2cnccc21. The van der Waals surface area contributed by atoms with E-state index in [2.05, 4.69) is 22.2 Å². The topological polar surface area (TPSA) is 80.9 Å². The maximum atomic E-state index is 13.5. The predicted octanol–water partition coefficient (Wildman–Crippen LogP) is 4.36. The van der Waals surface area contributed by atoms with Gasteiger partial charge in [0.05, 0.1) is 17.3 Å². The molecule has 2 heterocycles. The number of aromatic nitrogens is 4. The van der Waals surface area contributed by atoms with Gasteiger partial charge in [0.1, 0.15) is 18.7 Å². The zero-order chi connectivity index (χ0) is 22.8. The molecular weight excluding hydrogens is 419 g/mol. The van der Waals surface area contributed by atoms with Crippen molar-refractivity contribution in [1.29, 1.82) is 0 Å². The van der Waals surface area contributed by atoms with Crippen LogP contribution in [0.3, 0.4) is 0 Å². The third-order valence-corrected chi connectivity index (χ3v) is 10.4. The normalized spacial score (nSPS) is 42.5. The summed E-state index contributed by atoms with van der Waals surface area (Å²) >= 11 is 0. The summed E-state index contributed by atoms with van der Waals surface area (Å²) in [5.41, 5.74) is 0.580. The van der Waals surface area contributed by atoms with Gasteiger partial charge in [0.2, 0.25) is 0 Å². The van der Waals surface area contributed by atoms with Crippen molar-refractivity contribution < 1.29 is 14.3 Å². The number of carbonyl (C=O) groups is 1. The molecule has 7 heteroatoms. The zero-order valence-electron chi connectivity index (χ0n) is 19.5. The Labute approximate surface area is 194 Å². The van der Waals surface area contributed by atoms with E-state index in [0.717, 1.165) is 43.1 Å². The molecule has 8 atom stereocenters. The molecule has 4 fully saturated rings. The highest BCUT2D eigenvalue weighted by molar-refractivity contribution is 5.84. The zero-order valence-corrected chi connectivity index (χ0v) is 19.5. The van der Waals surface area contributed by atoms with Crippen LogP contribution in [0.4, 0.5) is 4.39 Å². The standard InChI is InChI=1S/C26H35FN4O2/c1-25-9-6-18-17-7-10-26(33,15-27)12-16(17)2-3-19(18)20(25)4-5-21(25)24(32)14-31-23-8-11-28-13-22(23)29-30-31/h8,11,13,16-21,33H,2-7,9-10,12,14-15H2,1H3/t16-,17-,18+,19+,20-,21+,25-,26+/m0/s1. The summed E-state index contributed by atoms with van der Waals surface area (Å²) in [5, 5.41) is 18.9. The van der Waals surface area contributed by atoms with Gasteiger partial charge in [-0.15, -0.1) is 5.10 Å². The number of halogens is 1. The van der Waals surface area contributed by atoms with Crippen molar-refractivity contribution in [3.63, 3.8) is 0 Å². The number of rotatable bonds is 4. The van der Waals surface area contributed by atoms with Crippen molar-refractivity contribution in [3.05, 3.63) is 18.5 Å². The minimum absolute atomic E-state index is 0.0668. The van der Waals surface area contributed by atoms with Gasteiger partial charge in [-0.25, -0.2) is 9.07 Å². The number of alkyl halides is 1. The minimum Gasteiger partial charge on any atom is -0.387 e. The molecule has 0 aliphatic heterocycles. The molecule has 0 aromatic carbocycles. The Balaban J connectivity index is 1.19. The van der Waals surface area contributed by atoms with Crippen molar-refractivity contribution in [2.24, 2.45) is 40.9 Å². The number of Topliss-reactive ketones (excluding diaryl/α,β-unsaturated/α-hetero) is 1. The van der Waals surface area contributed by atoms with Crippen LogP contribution in [0.5, 0.6) is 0 Å². The largest absolute Gasteiger partial charge is 0.387 e. The number of ketones is 1. The lowest BCUT2D eigenvalue weighted by atomic mass is 9.49. The molecule has 2 aromatic heterocycles. The molecule has 0 radical (unpaired) electrons. The molecule has 4 saturated carbocycles. The molecule has 0 bridgehead atoms. The Bertz CT molecular complexity index is 1060. The van der Waals surface area contributed by atoms with Crippen molar-refractivity contribution in [2.75, 3.05) is 6.67 Å². The maximum Gasteiger partial charge on any atom is 0.157 e. The highest BCUT2D eigenvalue weighted by Crippen LogP contribution is 2.64. The van der Waals surface area contributed by atoms with Crippen LogP contribution >= 0.6 is 0 Å². The van der Waals surface area contributed by atoms with Crippen molar-refractivity contribution in [3.8, 4) is 0 Å². The van der Waals surface area contributed by atoms with E-state index < -0.39 is 12.3 Å². The van der Waals surface area contributed by atoms with Crippen LogP contribution in [-0.4, -0.2) is 43.1 Å². The van der Waals surface area contributed by atoms with E-state index in [0.29, 0.717) is 48.2 Å². The van der Waals surface area contributed by atoms with Crippen LogP contribution in [0.1, 0.15) is 64.7 Å². The number of hydrogen-bond acceptors (Lipinski definition) is 5. The average Bonchev–Trinajstić information content (AvgIpc) is 3.39. The second-order valence-electron chi connectivity index (χ2n) is 11.8. The molecule has 1 N–H and O–H groups in total. The van der Waals surface area contributed by atoms with Crippen LogP contribution < -0.4 is 0 Å². The van der Waals surface area contributed by atoms with E-state index in [9.17, 15) is 14.3 Å². The van der Waals surface area contributed by atoms with Gasteiger partial charge >= 0.3 is 0 Å². The molecule has 33 heavy (non-hydrogen) atoms. The Kier molecular flexibility index (Phi) is 5.13. The molecular formula is C26H35FN4O2. The van der Waals surface area contributed by atoms with Crippen LogP contribution in [0.25, 0.3) is 11.0 Å². The lowest BCUT2D eigenvalue weighted by Gasteiger charge is -2.56. The first kappa shape index (κ1) is 21.6. The van der Waals surface area contributed by atoms with E-state index in [-0.39, 0.29) is 17.9 Å². The van der Waals surface area contributed by atoms with Gasteiger partial charge in [-0.2, -0.15) is 0 Å². The molecule has 178 valence electrons. The molecule has 0 saturated heterocycles. The maximum absolute atomic E-state index is 13.5. The molecule has 4 aliphatic carbocycles. The molecule has 0 spiro atoms. The lowest BCUT2D eigenvalue weighted by Crippen LogP contribution is -2.52. The van der Waals surface area contributed by atoms with Gasteiger partial charge < -0.3 is 5.11 Å². The van der Waals surface area contributed by atoms with Crippen molar-refractivity contribution in [2.45, 2.75) is 76.9 Å². The lowest BCUT2D eigenvalue weighted by molar-refractivity contribution is -0.134. The van der Waals surface area contributed by atoms with E-state index >= 15 is 0 Å². The Morgan fingerprint density at radius 3 is 2.85 bits per heavy atom. The number of carbonyl (C=O) groups excluding carboxylic acids is 1. The monoisotopic (exact) mass is 454 g/mol. The third kappa shape index (κ3) is 3.36. The number of fused-ring (bicyclic) bond motifs is 6. The summed E-state index contributed by atoms with van der Waals surface area (Å²) in [7, 11) is 0. The summed E-state index contributed by atoms with van der Waals surface area (Å²) in [4.78, 5) is 17.6. The molecule has 0 unspecified atom stereocenters. The van der Waals surface area contributed by atoms with Crippen molar-refractivity contribution >= 4 is 16.8 Å². The van der Waals surface area contributed by atoms with E-state index in [1.807, 2.05) is 6.07 Å². The van der Waals surface area contributed by atoms with Crippen molar-refractivity contribution in [1.82, 2.24) is 20.0 Å². The molecule has 6 nitrogen and oxygen atoms in total. The summed E-state index contributed by atoms with van der Waals surface area (Å²) in [6.45, 7) is 2.06. The molecule has 2 aromatic rings. The summed E-state index contributed by atoms with van der Waals surface area (Å²) < 4.78 is 15.2. The van der Waals surface area contributed by atoms with Gasteiger partial charge in [0.15, 0.2) is 5.78 Å². The van der Waals surface area contributed by atoms with Gasteiger partial charge in [0.25, 0.3) is 0 Å². The Morgan fingerprint density at radius 2 is 2.00 bits per heavy atom. The number of hydrogen-bond donors (Lipinski definition) is 1. The van der Waals surface area contributed by atoms with Gasteiger partial charge in [-0.3, -0.25) is 9.78 Å². The molecule has 4 aliphatic rings. The highest BCUT2D eigenvalue weighted by Gasteiger charge is 2.59. The van der Waals surface area contributed by atoms with Gasteiger partial charge in [-0.05, 0) is 98.9 Å². The molecule has 0 amide bonds. The number of pyridine rings is 1. The first-order valence-corrected chi connectivity index (χ1v) is 12.9. The summed E-state index contributed by atoms with van der Waals surface area (Å²) in [6.07, 6.45) is 12.3. The third-order valence-electron chi connectivity index (χ3n) is 10.4. The van der Waals surface area contributed by atoms with E-state index in [4.69, 9.17) is 0 Å². The quantitative estimate of drug-likeness (QED) is 0.742. The Hall–Kier alpha value is -1.89. The van der Waals surface area contributed by atoms with Crippen LogP contribution in [-0.2, 0) is 11.3 Å². The summed E-state index contributed by atoms with van der Waals surface area (Å²) in [6, 6.07) is 1.87. The minimum atomic E-state index is -1.08. The predicted molar refractivity (Wildman–Crippen MR) is 122 cm³/mol. The van der Waals surface area contributed by atoms with Gasteiger partial charge in [0, 0.05) is 12.1 Å². The summed E-state index contributed by atoms with van der Waals surface area (Å²) in [5.74, 6) is 3.45. The van der Waals surface area contributed by atoms with Crippen LogP contribution in [0.2, 0.25) is 0 Å². The van der Waals surface area contributed by atoms with Gasteiger partial charge in [-0.1, -0.05) is 12.1 Å². The highest BCUT2D eigenvalue weighted by atomic mass is 19.1. The first-order chi connectivity index (χ1) is 15.9. The fraction of sp³-hybridized carbons (Fsp3) is 0.769. The fourth-order valence-electron chi connectivity index (χ4n) is 8.81. The van der Waals surface area contributed by atoms with Crippen LogP contribution in [0.15, 0.2) is 18.5 Å².